The van der Waals surface area contributed by atoms with Crippen LogP contribution in [0, 0.1) is 0 Å². The minimum absolute atomic E-state index is 0.157. The molecule has 0 heterocycles. The Morgan fingerprint density at radius 3 is 2.30 bits per heavy atom. The van der Waals surface area contributed by atoms with Gasteiger partial charge in [0.25, 0.3) is 10.1 Å². The molecule has 0 aliphatic heterocycles. The van der Waals surface area contributed by atoms with Gasteiger partial charge in [-0.25, -0.2) is 0 Å². The number of benzene rings is 1. The summed E-state index contributed by atoms with van der Waals surface area (Å²) < 4.78 is 35.4. The Balaban J connectivity index is 2.79. The molecule has 4 nitrogen and oxygen atoms in total. The van der Waals surface area contributed by atoms with Crippen molar-refractivity contribution in [1.82, 2.24) is 0 Å². The van der Waals surface area contributed by atoms with E-state index in [1.54, 1.807) is 12.1 Å². The molecule has 0 atom stereocenters. The van der Waals surface area contributed by atoms with Crippen LogP contribution in [0.3, 0.4) is 0 Å². The van der Waals surface area contributed by atoms with Gasteiger partial charge in [-0.05, 0) is 51.0 Å². The van der Waals surface area contributed by atoms with E-state index in [1.165, 1.54) is 12.1 Å². The summed E-state index contributed by atoms with van der Waals surface area (Å²) >= 11 is 2.31. The lowest BCUT2D eigenvalue weighted by molar-refractivity contribution is 0.107. The molecule has 0 amide bonds. The molecule has 0 radical (unpaired) electrons. The lowest BCUT2D eigenvalue weighted by Gasteiger charge is -2.25. The van der Waals surface area contributed by atoms with Crippen molar-refractivity contribution in [2.75, 3.05) is 11.0 Å². The highest BCUT2D eigenvalue weighted by Gasteiger charge is 2.20. The quantitative estimate of drug-likeness (QED) is 0.371. The van der Waals surface area contributed by atoms with Gasteiger partial charge in [0.05, 0.1) is 11.5 Å². The normalized spacial score (nSPS) is 12.4. The molecule has 0 N–H and O–H groups in total. The van der Waals surface area contributed by atoms with Crippen LogP contribution >= 0.6 is 22.6 Å². The molecule has 0 aliphatic rings. The number of alkyl halides is 1. The van der Waals surface area contributed by atoms with Gasteiger partial charge in [-0.3, -0.25) is 4.18 Å². The number of ether oxygens (including phenoxy) is 1. The van der Waals surface area contributed by atoms with Crippen molar-refractivity contribution in [3.8, 4) is 5.75 Å². The largest absolute Gasteiger partial charge is 0.488 e. The van der Waals surface area contributed by atoms with Crippen LogP contribution in [-0.4, -0.2) is 25.1 Å². The second-order valence-corrected chi connectivity index (χ2v) is 7.74. The van der Waals surface area contributed by atoms with Crippen LogP contribution in [0.5, 0.6) is 5.75 Å². The van der Waals surface area contributed by atoms with E-state index in [-0.39, 0.29) is 17.1 Å². The summed E-state index contributed by atoms with van der Waals surface area (Å²) in [7, 11) is -3.65. The van der Waals surface area contributed by atoms with Crippen LogP contribution < -0.4 is 4.74 Å². The van der Waals surface area contributed by atoms with Gasteiger partial charge in [-0.15, -0.1) is 0 Å². The van der Waals surface area contributed by atoms with E-state index in [1.807, 2.05) is 20.8 Å². The zero-order chi connectivity index (χ0) is 15.2. The number of hydrogen-bond donors (Lipinski definition) is 0. The second kappa shape index (κ2) is 7.61. The van der Waals surface area contributed by atoms with Crippen LogP contribution in [0.1, 0.15) is 33.6 Å². The molecule has 1 aromatic carbocycles. The first-order valence-corrected chi connectivity index (χ1v) is 9.48. The Morgan fingerprint density at radius 1 is 1.20 bits per heavy atom. The average Bonchev–Trinajstić information content (AvgIpc) is 2.36. The molecular formula is C14H21IO4S. The summed E-state index contributed by atoms with van der Waals surface area (Å²) in [6.07, 6.45) is 1.58. The Kier molecular flexibility index (Phi) is 6.74. The smallest absolute Gasteiger partial charge is 0.296 e. The van der Waals surface area contributed by atoms with Crippen molar-refractivity contribution in [3.05, 3.63) is 24.3 Å². The van der Waals surface area contributed by atoms with Crippen LogP contribution in [0.25, 0.3) is 0 Å². The molecule has 1 aromatic rings. The zero-order valence-electron chi connectivity index (χ0n) is 12.1. The van der Waals surface area contributed by atoms with E-state index in [2.05, 4.69) is 22.6 Å². The first kappa shape index (κ1) is 17.7. The molecule has 0 saturated carbocycles. The molecule has 0 bridgehead atoms. The van der Waals surface area contributed by atoms with Crippen LogP contribution in [-0.2, 0) is 14.3 Å². The summed E-state index contributed by atoms with van der Waals surface area (Å²) in [5.74, 6) is 0.661. The highest BCUT2D eigenvalue weighted by atomic mass is 127. The van der Waals surface area contributed by atoms with Gasteiger partial charge in [-0.2, -0.15) is 8.42 Å². The van der Waals surface area contributed by atoms with Crippen LogP contribution in [0.15, 0.2) is 29.2 Å². The Morgan fingerprint density at radius 2 is 1.80 bits per heavy atom. The van der Waals surface area contributed by atoms with Crippen molar-refractivity contribution < 1.29 is 17.3 Å². The van der Waals surface area contributed by atoms with E-state index in [0.717, 1.165) is 10.8 Å². The van der Waals surface area contributed by atoms with Gasteiger partial charge in [0, 0.05) is 4.43 Å². The molecule has 0 unspecified atom stereocenters. The monoisotopic (exact) mass is 412 g/mol. The highest BCUT2D eigenvalue weighted by molar-refractivity contribution is 14.1. The van der Waals surface area contributed by atoms with E-state index in [4.69, 9.17) is 8.92 Å². The fraction of sp³-hybridized carbons (Fsp3) is 0.571. The lowest BCUT2D eigenvalue weighted by atomic mass is 10.1. The third kappa shape index (κ3) is 5.57. The van der Waals surface area contributed by atoms with Gasteiger partial charge >= 0.3 is 0 Å². The summed E-state index contributed by atoms with van der Waals surface area (Å²) in [4.78, 5) is 0.157. The van der Waals surface area contributed by atoms with Crippen molar-refractivity contribution in [2.24, 2.45) is 0 Å². The maximum Gasteiger partial charge on any atom is 0.296 e. The summed E-state index contributed by atoms with van der Waals surface area (Å²) in [6, 6.07) is 6.36. The molecular weight excluding hydrogens is 391 g/mol. The van der Waals surface area contributed by atoms with Gasteiger partial charge in [0.1, 0.15) is 11.4 Å². The summed E-state index contributed by atoms with van der Waals surface area (Å²) in [6.45, 7) is 6.09. The number of halogens is 1. The van der Waals surface area contributed by atoms with Crippen molar-refractivity contribution >= 4 is 32.7 Å². The van der Waals surface area contributed by atoms with E-state index in [0.29, 0.717) is 12.2 Å². The highest BCUT2D eigenvalue weighted by Crippen LogP contribution is 2.24. The number of hydrogen-bond acceptors (Lipinski definition) is 4. The first-order chi connectivity index (χ1) is 9.30. The second-order valence-electron chi connectivity index (χ2n) is 5.05. The van der Waals surface area contributed by atoms with Crippen molar-refractivity contribution in [1.29, 1.82) is 0 Å². The van der Waals surface area contributed by atoms with Gasteiger partial charge in [0.15, 0.2) is 0 Å². The van der Waals surface area contributed by atoms with Crippen LogP contribution in [0.4, 0.5) is 0 Å². The standard InChI is InChI=1S/C14H21IO4S/c1-4-11-18-20(16,17)13-7-5-12(6-8-13)19-14(2,3)9-10-15/h5-8H,4,9-11H2,1-3H3. The molecule has 20 heavy (non-hydrogen) atoms. The van der Waals surface area contributed by atoms with Gasteiger partial charge in [0.2, 0.25) is 0 Å². The first-order valence-electron chi connectivity index (χ1n) is 6.55. The van der Waals surface area contributed by atoms with Crippen molar-refractivity contribution in [2.45, 2.75) is 44.1 Å². The predicted molar refractivity (Wildman–Crippen MR) is 88.1 cm³/mol. The molecule has 0 aliphatic carbocycles. The molecule has 0 spiro atoms. The Bertz CT molecular complexity index is 508. The van der Waals surface area contributed by atoms with Crippen molar-refractivity contribution in [3.63, 3.8) is 0 Å². The lowest BCUT2D eigenvalue weighted by Crippen LogP contribution is -2.28. The molecule has 114 valence electrons. The third-order valence-corrected chi connectivity index (χ3v) is 4.51. The maximum atomic E-state index is 11.8. The number of rotatable bonds is 8. The fourth-order valence-electron chi connectivity index (χ4n) is 1.53. The van der Waals surface area contributed by atoms with E-state index in [9.17, 15) is 8.42 Å². The topological polar surface area (TPSA) is 52.6 Å². The summed E-state index contributed by atoms with van der Waals surface area (Å²) in [5.41, 5.74) is -0.264. The average molecular weight is 412 g/mol. The minimum atomic E-state index is -3.65. The Labute approximate surface area is 135 Å². The molecule has 1 rings (SSSR count). The van der Waals surface area contributed by atoms with Crippen LogP contribution in [0.2, 0.25) is 0 Å². The molecule has 6 heteroatoms. The predicted octanol–water partition coefficient (Wildman–Crippen LogP) is 3.78. The fourth-order valence-corrected chi connectivity index (χ4v) is 3.82. The zero-order valence-corrected chi connectivity index (χ0v) is 15.0. The summed E-state index contributed by atoms with van der Waals surface area (Å²) in [5, 5.41) is 0. The van der Waals surface area contributed by atoms with Gasteiger partial charge in [-0.1, -0.05) is 29.5 Å². The maximum absolute atomic E-state index is 11.8. The SMILES string of the molecule is CCCOS(=O)(=O)c1ccc(OC(C)(C)CCI)cc1. The Hall–Kier alpha value is -0.340. The van der Waals surface area contributed by atoms with E-state index >= 15 is 0 Å². The molecule has 0 saturated heterocycles. The third-order valence-electron chi connectivity index (χ3n) is 2.65. The molecule has 0 aromatic heterocycles. The molecule has 0 fully saturated rings. The van der Waals surface area contributed by atoms with Gasteiger partial charge < -0.3 is 4.74 Å². The minimum Gasteiger partial charge on any atom is -0.488 e. The van der Waals surface area contributed by atoms with E-state index < -0.39 is 10.1 Å².